The highest BCUT2D eigenvalue weighted by Crippen LogP contribution is 2.23. The molecule has 1 aromatic rings. The van der Waals surface area contributed by atoms with Gasteiger partial charge in [0.15, 0.2) is 0 Å². The van der Waals surface area contributed by atoms with Crippen LogP contribution in [0.1, 0.15) is 23.2 Å². The van der Waals surface area contributed by atoms with Crippen LogP contribution in [-0.4, -0.2) is 35.0 Å². The first-order valence-electron chi connectivity index (χ1n) is 5.72. The molecule has 0 saturated carbocycles. The first kappa shape index (κ1) is 13.4. The Morgan fingerprint density at radius 2 is 2.22 bits per heavy atom. The molecule has 0 radical (unpaired) electrons. The van der Waals surface area contributed by atoms with Crippen LogP contribution >= 0.6 is 15.9 Å². The van der Waals surface area contributed by atoms with Crippen molar-refractivity contribution in [2.75, 3.05) is 18.5 Å². The first-order valence-corrected chi connectivity index (χ1v) is 6.84. The Morgan fingerprint density at radius 1 is 1.50 bits per heavy atom. The number of alkyl halides is 1. The number of nitrogens with zero attached hydrogens (tertiary/aromatic N) is 1. The molecule has 18 heavy (non-hydrogen) atoms. The summed E-state index contributed by atoms with van der Waals surface area (Å²) in [5.41, 5.74) is -0.0800. The van der Waals surface area contributed by atoms with Gasteiger partial charge in [0.2, 0.25) is 0 Å². The van der Waals surface area contributed by atoms with Crippen molar-refractivity contribution < 1.29 is 13.9 Å². The van der Waals surface area contributed by atoms with Crippen LogP contribution in [0.2, 0.25) is 0 Å². The SMILES string of the molecule is O=C(NC1(CBr)CCOCC1)c1cncc(F)c1. The maximum atomic E-state index is 13.0. The van der Waals surface area contributed by atoms with E-state index in [1.165, 1.54) is 12.3 Å². The predicted molar refractivity (Wildman–Crippen MR) is 68.2 cm³/mol. The number of rotatable bonds is 3. The van der Waals surface area contributed by atoms with E-state index in [-0.39, 0.29) is 17.0 Å². The monoisotopic (exact) mass is 316 g/mol. The molecule has 0 unspecified atom stereocenters. The normalized spacial score (nSPS) is 18.3. The van der Waals surface area contributed by atoms with Crippen LogP contribution in [0, 0.1) is 5.82 Å². The van der Waals surface area contributed by atoms with Gasteiger partial charge in [-0.3, -0.25) is 9.78 Å². The first-order chi connectivity index (χ1) is 8.65. The zero-order valence-corrected chi connectivity index (χ0v) is 11.4. The molecule has 0 atom stereocenters. The molecule has 1 N–H and O–H groups in total. The lowest BCUT2D eigenvalue weighted by atomic mass is 9.92. The number of carbonyl (C=O) groups excluding carboxylic acids is 1. The molecule has 6 heteroatoms. The number of hydrogen-bond donors (Lipinski definition) is 1. The molecule has 0 spiro atoms. The lowest BCUT2D eigenvalue weighted by Gasteiger charge is -2.36. The summed E-state index contributed by atoms with van der Waals surface area (Å²) in [6.07, 6.45) is 3.92. The Hall–Kier alpha value is -1.01. The fraction of sp³-hybridized carbons (Fsp3) is 0.500. The summed E-state index contributed by atoms with van der Waals surface area (Å²) in [7, 11) is 0. The van der Waals surface area contributed by atoms with Crippen LogP contribution in [-0.2, 0) is 4.74 Å². The molecule has 98 valence electrons. The maximum absolute atomic E-state index is 13.0. The Balaban J connectivity index is 2.10. The van der Waals surface area contributed by atoms with E-state index >= 15 is 0 Å². The Morgan fingerprint density at radius 3 is 2.83 bits per heavy atom. The summed E-state index contributed by atoms with van der Waals surface area (Å²) >= 11 is 3.42. The van der Waals surface area contributed by atoms with E-state index in [9.17, 15) is 9.18 Å². The number of aromatic nitrogens is 1. The van der Waals surface area contributed by atoms with Gasteiger partial charge < -0.3 is 10.1 Å². The van der Waals surface area contributed by atoms with Crippen molar-refractivity contribution in [1.29, 1.82) is 0 Å². The molecule has 1 fully saturated rings. The summed E-state index contributed by atoms with van der Waals surface area (Å²) in [5, 5.41) is 3.60. The standard InChI is InChI=1S/C12H14BrFN2O2/c13-8-12(1-3-18-4-2-12)16-11(17)9-5-10(14)7-15-6-9/h5-7H,1-4,8H2,(H,16,17). The summed E-state index contributed by atoms with van der Waals surface area (Å²) in [4.78, 5) is 15.7. The third-order valence-electron chi connectivity index (χ3n) is 3.05. The summed E-state index contributed by atoms with van der Waals surface area (Å²) < 4.78 is 18.3. The minimum atomic E-state index is -0.512. The Bertz CT molecular complexity index is 436. The summed E-state index contributed by atoms with van der Waals surface area (Å²) in [6, 6.07) is 1.18. The quantitative estimate of drug-likeness (QED) is 0.866. The number of pyridine rings is 1. The Labute approximate surface area is 113 Å². The maximum Gasteiger partial charge on any atom is 0.253 e. The average molecular weight is 317 g/mol. The van der Waals surface area contributed by atoms with Gasteiger partial charge in [0.1, 0.15) is 5.82 Å². The molecule has 0 aliphatic carbocycles. The van der Waals surface area contributed by atoms with E-state index in [0.717, 1.165) is 19.0 Å². The fourth-order valence-electron chi connectivity index (χ4n) is 1.90. The van der Waals surface area contributed by atoms with Gasteiger partial charge in [-0.05, 0) is 18.9 Å². The van der Waals surface area contributed by atoms with Gasteiger partial charge in [-0.1, -0.05) is 15.9 Å². The van der Waals surface area contributed by atoms with Crippen LogP contribution in [0.3, 0.4) is 0 Å². The highest BCUT2D eigenvalue weighted by Gasteiger charge is 2.33. The van der Waals surface area contributed by atoms with Crippen molar-refractivity contribution in [1.82, 2.24) is 10.3 Å². The number of ether oxygens (including phenoxy) is 1. The fourth-order valence-corrected chi connectivity index (χ4v) is 2.60. The van der Waals surface area contributed by atoms with E-state index in [1.54, 1.807) is 0 Å². The van der Waals surface area contributed by atoms with Crippen molar-refractivity contribution in [3.8, 4) is 0 Å². The summed E-state index contributed by atoms with van der Waals surface area (Å²) in [6.45, 7) is 1.24. The number of amides is 1. The van der Waals surface area contributed by atoms with Gasteiger partial charge >= 0.3 is 0 Å². The molecule has 1 aliphatic rings. The van der Waals surface area contributed by atoms with Crippen molar-refractivity contribution in [2.24, 2.45) is 0 Å². The number of hydrogen-bond acceptors (Lipinski definition) is 3. The molecular formula is C12H14BrFN2O2. The molecule has 4 nitrogen and oxygen atoms in total. The Kier molecular flexibility index (Phi) is 4.29. The highest BCUT2D eigenvalue weighted by atomic mass is 79.9. The molecule has 0 aromatic carbocycles. The zero-order valence-electron chi connectivity index (χ0n) is 9.79. The van der Waals surface area contributed by atoms with E-state index in [4.69, 9.17) is 4.74 Å². The molecule has 1 aromatic heterocycles. The molecule has 1 aliphatic heterocycles. The van der Waals surface area contributed by atoms with E-state index < -0.39 is 5.82 Å². The third-order valence-corrected chi connectivity index (χ3v) is 4.12. The third kappa shape index (κ3) is 3.05. The van der Waals surface area contributed by atoms with Gasteiger partial charge in [0, 0.05) is 24.7 Å². The van der Waals surface area contributed by atoms with Crippen LogP contribution in [0.15, 0.2) is 18.5 Å². The zero-order chi connectivity index (χ0) is 13.0. The number of carbonyl (C=O) groups is 1. The molecule has 2 rings (SSSR count). The van der Waals surface area contributed by atoms with Gasteiger partial charge in [-0.15, -0.1) is 0 Å². The molecular weight excluding hydrogens is 303 g/mol. The van der Waals surface area contributed by atoms with Gasteiger partial charge in [0.05, 0.1) is 17.3 Å². The minimum Gasteiger partial charge on any atom is -0.381 e. The minimum absolute atomic E-state index is 0.238. The van der Waals surface area contributed by atoms with E-state index in [1.807, 2.05) is 0 Å². The van der Waals surface area contributed by atoms with Gasteiger partial charge in [-0.25, -0.2) is 4.39 Å². The average Bonchev–Trinajstić information content (AvgIpc) is 2.40. The van der Waals surface area contributed by atoms with Crippen molar-refractivity contribution in [2.45, 2.75) is 18.4 Å². The van der Waals surface area contributed by atoms with Crippen molar-refractivity contribution >= 4 is 21.8 Å². The topological polar surface area (TPSA) is 51.2 Å². The van der Waals surface area contributed by atoms with E-state index in [0.29, 0.717) is 18.5 Å². The second-order valence-electron chi connectivity index (χ2n) is 4.37. The predicted octanol–water partition coefficient (Wildman–Crippen LogP) is 1.89. The molecule has 0 bridgehead atoms. The van der Waals surface area contributed by atoms with Crippen LogP contribution in [0.4, 0.5) is 4.39 Å². The molecule has 1 amide bonds. The van der Waals surface area contributed by atoms with Gasteiger partial charge in [0.25, 0.3) is 5.91 Å². The van der Waals surface area contributed by atoms with Crippen molar-refractivity contribution in [3.05, 3.63) is 29.8 Å². The number of nitrogens with one attached hydrogen (secondary N) is 1. The van der Waals surface area contributed by atoms with E-state index in [2.05, 4.69) is 26.2 Å². The largest absolute Gasteiger partial charge is 0.381 e. The summed E-state index contributed by atoms with van der Waals surface area (Å²) in [5.74, 6) is -0.814. The number of halogens is 2. The molecule has 2 heterocycles. The second kappa shape index (κ2) is 5.75. The second-order valence-corrected chi connectivity index (χ2v) is 4.93. The van der Waals surface area contributed by atoms with Crippen LogP contribution < -0.4 is 5.32 Å². The lowest BCUT2D eigenvalue weighted by Crippen LogP contribution is -2.53. The van der Waals surface area contributed by atoms with Crippen LogP contribution in [0.25, 0.3) is 0 Å². The molecule has 1 saturated heterocycles. The van der Waals surface area contributed by atoms with Crippen molar-refractivity contribution in [3.63, 3.8) is 0 Å². The lowest BCUT2D eigenvalue weighted by molar-refractivity contribution is 0.0441. The highest BCUT2D eigenvalue weighted by molar-refractivity contribution is 9.09. The van der Waals surface area contributed by atoms with Crippen LogP contribution in [0.5, 0.6) is 0 Å². The smallest absolute Gasteiger partial charge is 0.253 e. The van der Waals surface area contributed by atoms with Gasteiger partial charge in [-0.2, -0.15) is 0 Å².